The van der Waals surface area contributed by atoms with Gasteiger partial charge in [-0.2, -0.15) is 0 Å². The molecule has 0 bridgehead atoms. The third-order valence-electron chi connectivity index (χ3n) is 5.30. The molecule has 0 fully saturated rings. The van der Waals surface area contributed by atoms with Crippen molar-refractivity contribution in [3.05, 3.63) is 59.0 Å². The highest BCUT2D eigenvalue weighted by molar-refractivity contribution is 5.94. The van der Waals surface area contributed by atoms with Crippen LogP contribution in [0.1, 0.15) is 42.5 Å². The third-order valence-corrected chi connectivity index (χ3v) is 5.30. The maximum absolute atomic E-state index is 11.7. The Morgan fingerprint density at radius 3 is 2.71 bits per heavy atom. The molecule has 1 unspecified atom stereocenters. The Labute approximate surface area is 164 Å². The minimum Gasteiger partial charge on any atom is -0.418 e. The summed E-state index contributed by atoms with van der Waals surface area (Å²) in [5.41, 5.74) is 6.51. The van der Waals surface area contributed by atoms with E-state index in [0.717, 1.165) is 29.9 Å². The Kier molecular flexibility index (Phi) is 4.63. The van der Waals surface area contributed by atoms with Gasteiger partial charge in [0.25, 0.3) is 0 Å². The van der Waals surface area contributed by atoms with E-state index in [0.29, 0.717) is 11.8 Å². The zero-order valence-corrected chi connectivity index (χ0v) is 16.6. The lowest BCUT2D eigenvalue weighted by Gasteiger charge is -2.16. The second-order valence-corrected chi connectivity index (χ2v) is 7.37. The van der Waals surface area contributed by atoms with Crippen LogP contribution in [0.5, 0.6) is 0 Å². The monoisotopic (exact) mass is 376 g/mol. The van der Waals surface area contributed by atoms with Crippen LogP contribution in [0.25, 0.3) is 11.5 Å². The second-order valence-electron chi connectivity index (χ2n) is 7.37. The van der Waals surface area contributed by atoms with E-state index in [1.807, 2.05) is 30.0 Å². The van der Waals surface area contributed by atoms with Crippen molar-refractivity contribution in [1.29, 1.82) is 0 Å². The summed E-state index contributed by atoms with van der Waals surface area (Å²) in [5, 5.41) is 11.8. The molecular weight excluding hydrogens is 352 g/mol. The van der Waals surface area contributed by atoms with E-state index in [1.54, 1.807) is 6.92 Å². The molecule has 1 N–H and O–H groups in total. The van der Waals surface area contributed by atoms with Gasteiger partial charge in [0, 0.05) is 30.4 Å². The fourth-order valence-corrected chi connectivity index (χ4v) is 3.53. The molecule has 144 valence electrons. The molecule has 3 aromatic rings. The molecular formula is C22H24N4O2. The number of nitrogens with one attached hydrogen (secondary N) is 1. The highest BCUT2D eigenvalue weighted by atomic mass is 16.4. The fraction of sp³-hybridized carbons (Fsp3) is 0.318. The molecule has 1 atom stereocenters. The van der Waals surface area contributed by atoms with Crippen molar-refractivity contribution in [1.82, 2.24) is 10.2 Å². The molecule has 1 aliphatic heterocycles. The second kappa shape index (κ2) is 7.11. The maximum atomic E-state index is 11.7. The number of nitrogens with zero attached hydrogens (tertiary/aromatic N) is 3. The Morgan fingerprint density at radius 2 is 1.96 bits per heavy atom. The highest BCUT2D eigenvalue weighted by Gasteiger charge is 2.23. The van der Waals surface area contributed by atoms with Gasteiger partial charge in [0.1, 0.15) is 6.04 Å². The summed E-state index contributed by atoms with van der Waals surface area (Å²) < 4.78 is 5.90. The average molecular weight is 376 g/mol. The SMILES string of the molecule is CC(=O)N1CCc2cc(NC(C)c3nnc(-c4ccc(C)c(C)c4)o3)ccc21. The van der Waals surface area contributed by atoms with Gasteiger partial charge in [-0.05, 0) is 74.2 Å². The van der Waals surface area contributed by atoms with Crippen LogP contribution < -0.4 is 10.2 Å². The van der Waals surface area contributed by atoms with Crippen LogP contribution in [-0.4, -0.2) is 22.6 Å². The quantitative estimate of drug-likeness (QED) is 0.729. The summed E-state index contributed by atoms with van der Waals surface area (Å²) in [5.74, 6) is 1.15. The summed E-state index contributed by atoms with van der Waals surface area (Å²) in [6.07, 6.45) is 0.871. The first kappa shape index (κ1) is 18.2. The molecule has 0 radical (unpaired) electrons. The van der Waals surface area contributed by atoms with Crippen molar-refractivity contribution in [2.24, 2.45) is 0 Å². The van der Waals surface area contributed by atoms with Gasteiger partial charge in [0.05, 0.1) is 0 Å². The predicted octanol–water partition coefficient (Wildman–Crippen LogP) is 4.44. The van der Waals surface area contributed by atoms with Gasteiger partial charge in [-0.1, -0.05) is 6.07 Å². The number of aryl methyl sites for hydroxylation is 2. The lowest BCUT2D eigenvalue weighted by Crippen LogP contribution is -2.25. The van der Waals surface area contributed by atoms with E-state index in [2.05, 4.69) is 47.6 Å². The highest BCUT2D eigenvalue weighted by Crippen LogP contribution is 2.32. The van der Waals surface area contributed by atoms with Gasteiger partial charge < -0.3 is 14.6 Å². The minimum absolute atomic E-state index is 0.0811. The van der Waals surface area contributed by atoms with Crippen LogP contribution in [0, 0.1) is 13.8 Å². The number of aromatic nitrogens is 2. The van der Waals surface area contributed by atoms with Crippen molar-refractivity contribution in [2.75, 3.05) is 16.8 Å². The molecule has 2 aromatic carbocycles. The van der Waals surface area contributed by atoms with Crippen molar-refractivity contribution >= 4 is 17.3 Å². The van der Waals surface area contributed by atoms with Gasteiger partial charge >= 0.3 is 0 Å². The van der Waals surface area contributed by atoms with E-state index < -0.39 is 0 Å². The average Bonchev–Trinajstić information content (AvgIpc) is 3.31. The number of hydrogen-bond acceptors (Lipinski definition) is 5. The standard InChI is InChI=1S/C22H24N4O2/c1-13-5-6-18(11-14(13)2)22-25-24-21(28-22)15(3)23-19-7-8-20-17(12-19)9-10-26(20)16(4)27/h5-8,11-12,15,23H,9-10H2,1-4H3. The van der Waals surface area contributed by atoms with E-state index in [4.69, 9.17) is 4.42 Å². The van der Waals surface area contributed by atoms with Crippen LogP contribution in [0.15, 0.2) is 40.8 Å². The molecule has 1 aromatic heterocycles. The van der Waals surface area contributed by atoms with E-state index in [-0.39, 0.29) is 11.9 Å². The van der Waals surface area contributed by atoms with Crippen LogP contribution in [0.4, 0.5) is 11.4 Å². The molecule has 0 saturated heterocycles. The number of amides is 1. The topological polar surface area (TPSA) is 71.3 Å². The number of anilines is 2. The van der Waals surface area contributed by atoms with Gasteiger partial charge in [0.2, 0.25) is 17.7 Å². The molecule has 28 heavy (non-hydrogen) atoms. The van der Waals surface area contributed by atoms with Crippen LogP contribution in [-0.2, 0) is 11.2 Å². The van der Waals surface area contributed by atoms with E-state index in [9.17, 15) is 4.79 Å². The first-order chi connectivity index (χ1) is 13.4. The Bertz CT molecular complexity index is 1040. The molecule has 0 spiro atoms. The Hall–Kier alpha value is -3.15. The number of benzene rings is 2. The van der Waals surface area contributed by atoms with Gasteiger partial charge in [-0.15, -0.1) is 10.2 Å². The molecule has 0 aliphatic carbocycles. The summed E-state index contributed by atoms with van der Waals surface area (Å²) in [7, 11) is 0. The Balaban J connectivity index is 1.50. The summed E-state index contributed by atoms with van der Waals surface area (Å²) >= 11 is 0. The van der Waals surface area contributed by atoms with Crippen molar-refractivity contribution in [3.8, 4) is 11.5 Å². The number of carbonyl (C=O) groups excluding carboxylic acids is 1. The summed E-state index contributed by atoms with van der Waals surface area (Å²) in [4.78, 5) is 13.5. The smallest absolute Gasteiger partial charge is 0.247 e. The van der Waals surface area contributed by atoms with Gasteiger partial charge in [-0.3, -0.25) is 4.79 Å². The number of carbonyl (C=O) groups is 1. The normalized spacial score (nSPS) is 14.1. The fourth-order valence-electron chi connectivity index (χ4n) is 3.53. The molecule has 4 rings (SSSR count). The zero-order chi connectivity index (χ0) is 19.8. The number of hydrogen-bond donors (Lipinski definition) is 1. The van der Waals surface area contributed by atoms with Crippen molar-refractivity contribution in [3.63, 3.8) is 0 Å². The van der Waals surface area contributed by atoms with E-state index in [1.165, 1.54) is 16.7 Å². The van der Waals surface area contributed by atoms with Crippen LogP contribution in [0.3, 0.4) is 0 Å². The molecule has 6 nitrogen and oxygen atoms in total. The van der Waals surface area contributed by atoms with Crippen LogP contribution >= 0.6 is 0 Å². The summed E-state index contributed by atoms with van der Waals surface area (Å²) in [6.45, 7) is 8.49. The maximum Gasteiger partial charge on any atom is 0.247 e. The molecule has 0 saturated carbocycles. The third kappa shape index (κ3) is 3.38. The molecule has 1 amide bonds. The Morgan fingerprint density at radius 1 is 1.14 bits per heavy atom. The predicted molar refractivity (Wildman–Crippen MR) is 109 cm³/mol. The molecule has 6 heteroatoms. The zero-order valence-electron chi connectivity index (χ0n) is 16.6. The lowest BCUT2D eigenvalue weighted by molar-refractivity contribution is -0.116. The minimum atomic E-state index is -0.129. The number of rotatable bonds is 4. The number of fused-ring (bicyclic) bond motifs is 1. The first-order valence-electron chi connectivity index (χ1n) is 9.51. The van der Waals surface area contributed by atoms with Gasteiger partial charge in [-0.25, -0.2) is 0 Å². The summed E-state index contributed by atoms with van der Waals surface area (Å²) in [6, 6.07) is 12.1. The molecule has 2 heterocycles. The van der Waals surface area contributed by atoms with Crippen molar-refractivity contribution in [2.45, 2.75) is 40.2 Å². The lowest BCUT2D eigenvalue weighted by atomic mass is 10.1. The van der Waals surface area contributed by atoms with Crippen molar-refractivity contribution < 1.29 is 9.21 Å². The molecule has 1 aliphatic rings. The first-order valence-corrected chi connectivity index (χ1v) is 9.51. The van der Waals surface area contributed by atoms with Gasteiger partial charge in [0.15, 0.2) is 0 Å². The van der Waals surface area contributed by atoms with Crippen LogP contribution in [0.2, 0.25) is 0 Å². The largest absolute Gasteiger partial charge is 0.418 e. The van der Waals surface area contributed by atoms with E-state index >= 15 is 0 Å².